The number of hydrogen-bond acceptors (Lipinski definition) is 0. The second kappa shape index (κ2) is 15.5. The van der Waals surface area contributed by atoms with E-state index in [9.17, 15) is 0 Å². The van der Waals surface area contributed by atoms with Crippen LogP contribution in [0.3, 0.4) is 0 Å². The van der Waals surface area contributed by atoms with E-state index in [4.69, 9.17) is 0 Å². The van der Waals surface area contributed by atoms with Gasteiger partial charge in [-0.1, -0.05) is 86.0 Å². The summed E-state index contributed by atoms with van der Waals surface area (Å²) in [6, 6.07) is 0. The van der Waals surface area contributed by atoms with Crippen LogP contribution in [0.4, 0.5) is 0 Å². The molecule has 0 aromatic heterocycles. The Bertz CT molecular complexity index is 70.1. The summed E-state index contributed by atoms with van der Waals surface area (Å²) in [6.45, 7) is 10.6. The molecule has 0 spiro atoms. The van der Waals surface area contributed by atoms with Gasteiger partial charge in [0.15, 0.2) is 0 Å². The molecular weight excluding hydrogens is 168 g/mol. The van der Waals surface area contributed by atoms with Gasteiger partial charge in [-0.3, -0.25) is 0 Å². The normalized spacial score (nSPS) is 14.4. The highest BCUT2D eigenvalue weighted by atomic mass is 14.2. The Kier molecular flexibility index (Phi) is 18.2. The molecule has 0 unspecified atom stereocenters. The zero-order valence-corrected chi connectivity index (χ0v) is 11.2. The second-order valence-corrected chi connectivity index (χ2v) is 3.94. The Balaban J connectivity index is 0. The number of rotatable bonds is 4. The monoisotopic (exact) mass is 200 g/mol. The van der Waals surface area contributed by atoms with Crippen molar-refractivity contribution in [1.82, 2.24) is 0 Å². The minimum atomic E-state index is 1.13. The maximum Gasteiger partial charge on any atom is -0.0414 e. The van der Waals surface area contributed by atoms with Crippen LogP contribution in [0.2, 0.25) is 0 Å². The highest BCUT2D eigenvalue weighted by Gasteiger charge is 2.15. The minimum Gasteiger partial charge on any atom is -0.0683 e. The van der Waals surface area contributed by atoms with E-state index in [1.807, 2.05) is 13.8 Å². The average Bonchev–Trinajstić information content (AvgIpc) is 2.19. The number of unbranched alkanes of at least 4 members (excludes halogenated alkanes) is 2. The molecule has 0 aromatic rings. The molecule has 0 aromatic carbocycles. The lowest BCUT2D eigenvalue weighted by Gasteiger charge is -2.24. The molecule has 1 fully saturated rings. The minimum absolute atomic E-state index is 1.13. The molecule has 0 heteroatoms. The van der Waals surface area contributed by atoms with Gasteiger partial charge in [0.05, 0.1) is 0 Å². The van der Waals surface area contributed by atoms with E-state index in [2.05, 4.69) is 20.8 Å². The van der Waals surface area contributed by atoms with Crippen molar-refractivity contribution < 1.29 is 0 Å². The van der Waals surface area contributed by atoms with E-state index in [-0.39, 0.29) is 0 Å². The summed E-state index contributed by atoms with van der Waals surface area (Å²) in [7, 11) is 0. The van der Waals surface area contributed by atoms with Gasteiger partial charge in [-0.25, -0.2) is 0 Å². The highest BCUT2D eigenvalue weighted by molar-refractivity contribution is 4.68. The Labute approximate surface area is 92.5 Å². The second-order valence-electron chi connectivity index (χ2n) is 3.94. The molecule has 0 radical (unpaired) electrons. The SMILES string of the molecule is CC.CCCC.CCCCC1CCC1. The maximum atomic E-state index is 2.28. The van der Waals surface area contributed by atoms with Crippen molar-refractivity contribution in [2.45, 2.75) is 86.0 Å². The van der Waals surface area contributed by atoms with Gasteiger partial charge in [0, 0.05) is 0 Å². The van der Waals surface area contributed by atoms with Gasteiger partial charge in [0.2, 0.25) is 0 Å². The molecule has 1 aliphatic rings. The van der Waals surface area contributed by atoms with Crippen LogP contribution < -0.4 is 0 Å². The van der Waals surface area contributed by atoms with Crippen LogP contribution in [0.5, 0.6) is 0 Å². The van der Waals surface area contributed by atoms with Crippen LogP contribution in [0.25, 0.3) is 0 Å². The number of hydrogen-bond donors (Lipinski definition) is 0. The fourth-order valence-corrected chi connectivity index (χ4v) is 1.27. The van der Waals surface area contributed by atoms with Gasteiger partial charge in [-0.2, -0.15) is 0 Å². The Hall–Kier alpha value is 0. The lowest BCUT2D eigenvalue weighted by atomic mass is 9.82. The zero-order valence-electron chi connectivity index (χ0n) is 11.2. The molecule has 1 rings (SSSR count). The van der Waals surface area contributed by atoms with Gasteiger partial charge in [0.1, 0.15) is 0 Å². The van der Waals surface area contributed by atoms with Crippen LogP contribution >= 0.6 is 0 Å². The van der Waals surface area contributed by atoms with E-state index in [0.29, 0.717) is 0 Å². The molecule has 88 valence electrons. The predicted octanol–water partition coefficient (Wildman–Crippen LogP) is 5.81. The topological polar surface area (TPSA) is 0 Å². The summed E-state index contributed by atoms with van der Waals surface area (Å²) >= 11 is 0. The van der Waals surface area contributed by atoms with Crippen molar-refractivity contribution >= 4 is 0 Å². The van der Waals surface area contributed by atoms with E-state index in [1.165, 1.54) is 51.4 Å². The Morgan fingerprint density at radius 2 is 1.36 bits per heavy atom. The smallest absolute Gasteiger partial charge is 0.0414 e. The summed E-state index contributed by atoms with van der Waals surface area (Å²) in [5.41, 5.74) is 0. The van der Waals surface area contributed by atoms with Crippen molar-refractivity contribution in [2.24, 2.45) is 5.92 Å². The maximum absolute atomic E-state index is 2.28. The molecule has 14 heavy (non-hydrogen) atoms. The first-order chi connectivity index (χ1) is 6.85. The Morgan fingerprint density at radius 3 is 1.57 bits per heavy atom. The third kappa shape index (κ3) is 12.0. The van der Waals surface area contributed by atoms with Crippen LogP contribution in [-0.2, 0) is 0 Å². The van der Waals surface area contributed by atoms with Crippen LogP contribution in [-0.4, -0.2) is 0 Å². The third-order valence-corrected chi connectivity index (χ3v) is 2.69. The van der Waals surface area contributed by atoms with Crippen molar-refractivity contribution in [1.29, 1.82) is 0 Å². The van der Waals surface area contributed by atoms with E-state index >= 15 is 0 Å². The van der Waals surface area contributed by atoms with Crippen LogP contribution in [0, 0.1) is 5.92 Å². The molecular formula is C14H32. The first kappa shape index (κ1) is 16.4. The summed E-state index contributed by atoms with van der Waals surface area (Å²) in [6.07, 6.45) is 11.6. The molecule has 0 aliphatic heterocycles. The molecule has 0 saturated heterocycles. The largest absolute Gasteiger partial charge is 0.0683 e. The van der Waals surface area contributed by atoms with Gasteiger partial charge >= 0.3 is 0 Å². The molecule has 0 atom stereocenters. The highest BCUT2D eigenvalue weighted by Crippen LogP contribution is 2.30. The molecule has 0 N–H and O–H groups in total. The quantitative estimate of drug-likeness (QED) is 0.537. The van der Waals surface area contributed by atoms with Gasteiger partial charge in [-0.15, -0.1) is 0 Å². The molecule has 1 saturated carbocycles. The summed E-state index contributed by atoms with van der Waals surface area (Å²) < 4.78 is 0. The van der Waals surface area contributed by atoms with Crippen LogP contribution in [0.1, 0.15) is 86.0 Å². The van der Waals surface area contributed by atoms with Crippen LogP contribution in [0.15, 0.2) is 0 Å². The standard InChI is InChI=1S/C8H16.C4H10.C2H6/c1-2-3-5-8-6-4-7-8;1-3-4-2;1-2/h8H,2-7H2,1H3;3-4H2,1-2H3;1-2H3. The fraction of sp³-hybridized carbons (Fsp3) is 1.00. The lowest BCUT2D eigenvalue weighted by Crippen LogP contribution is -2.09. The first-order valence-corrected chi connectivity index (χ1v) is 6.85. The van der Waals surface area contributed by atoms with E-state index in [0.717, 1.165) is 5.92 Å². The summed E-state index contributed by atoms with van der Waals surface area (Å²) in [5.74, 6) is 1.13. The van der Waals surface area contributed by atoms with E-state index < -0.39 is 0 Å². The summed E-state index contributed by atoms with van der Waals surface area (Å²) in [5, 5.41) is 0. The van der Waals surface area contributed by atoms with Crippen molar-refractivity contribution in [3.8, 4) is 0 Å². The molecule has 0 bridgehead atoms. The fourth-order valence-electron chi connectivity index (χ4n) is 1.27. The third-order valence-electron chi connectivity index (χ3n) is 2.69. The first-order valence-electron chi connectivity index (χ1n) is 6.85. The zero-order chi connectivity index (χ0) is 11.2. The lowest BCUT2D eigenvalue weighted by molar-refractivity contribution is 0.289. The molecule has 0 amide bonds. The van der Waals surface area contributed by atoms with Gasteiger partial charge in [0.25, 0.3) is 0 Å². The Morgan fingerprint density at radius 1 is 0.857 bits per heavy atom. The average molecular weight is 200 g/mol. The predicted molar refractivity (Wildman–Crippen MR) is 68.8 cm³/mol. The van der Waals surface area contributed by atoms with Gasteiger partial charge in [-0.05, 0) is 5.92 Å². The summed E-state index contributed by atoms with van der Waals surface area (Å²) in [4.78, 5) is 0. The molecule has 0 heterocycles. The van der Waals surface area contributed by atoms with E-state index in [1.54, 1.807) is 0 Å². The van der Waals surface area contributed by atoms with Crippen molar-refractivity contribution in [2.75, 3.05) is 0 Å². The van der Waals surface area contributed by atoms with Crippen molar-refractivity contribution in [3.63, 3.8) is 0 Å². The van der Waals surface area contributed by atoms with Gasteiger partial charge < -0.3 is 0 Å². The molecule has 0 nitrogen and oxygen atoms in total. The van der Waals surface area contributed by atoms with Crippen molar-refractivity contribution in [3.05, 3.63) is 0 Å². The molecule has 1 aliphatic carbocycles.